The highest BCUT2D eigenvalue weighted by Gasteiger charge is 2.37. The molecule has 5 nitrogen and oxygen atoms in total. The van der Waals surface area contributed by atoms with E-state index >= 15 is 0 Å². The lowest BCUT2D eigenvalue weighted by atomic mass is 10.2. The van der Waals surface area contributed by atoms with Crippen molar-refractivity contribution in [2.75, 3.05) is 0 Å². The Kier molecular flexibility index (Phi) is 8.86. The van der Waals surface area contributed by atoms with Crippen LogP contribution in [0.2, 0.25) is 0 Å². The number of para-hydroxylation sites is 1. The van der Waals surface area contributed by atoms with Gasteiger partial charge in [0.05, 0.1) is 0 Å². The number of hydrogen-bond acceptors (Lipinski definition) is 5. The van der Waals surface area contributed by atoms with Gasteiger partial charge in [-0.2, -0.15) is 13.2 Å². The fourth-order valence-electron chi connectivity index (χ4n) is 2.47. The third kappa shape index (κ3) is 7.48. The van der Waals surface area contributed by atoms with Crippen molar-refractivity contribution < 1.29 is 35.7 Å². The van der Waals surface area contributed by atoms with Gasteiger partial charge >= 0.3 is 11.5 Å². The fourth-order valence-corrected chi connectivity index (χ4v) is 4.62. The van der Waals surface area contributed by atoms with E-state index in [1.54, 1.807) is 0 Å². The van der Waals surface area contributed by atoms with Crippen molar-refractivity contribution in [2.24, 2.45) is 0 Å². The van der Waals surface area contributed by atoms with Gasteiger partial charge in [0.1, 0.15) is 10.9 Å². The van der Waals surface area contributed by atoms with E-state index in [4.69, 9.17) is 17.7 Å². The van der Waals surface area contributed by atoms with Gasteiger partial charge in [0, 0.05) is 6.08 Å². The SMILES string of the molecule is C=CC(=O)Oc1ccccc1[S+](c1ccccc1)c1ccc(C)cc1.O=S(=O)([O-])C(F)(F)F. The minimum atomic E-state index is -6.09. The molecule has 0 aromatic heterocycles. The van der Waals surface area contributed by atoms with Crippen molar-refractivity contribution in [2.45, 2.75) is 27.1 Å². The molecule has 0 aliphatic carbocycles. The third-order valence-corrected chi connectivity index (χ3v) is 6.80. The Bertz CT molecular complexity index is 1190. The standard InChI is InChI=1S/C22H19O2S.CHF3O3S/c1-3-22(23)24-20-11-7-8-12-21(20)25(18-9-5-4-6-10-18)19-15-13-17(2)14-16-19;2-1(3,4)8(5,6)7/h3-16H,1H2,2H3;(H,5,6,7)/q+1;/p-1. The van der Waals surface area contributed by atoms with Crippen molar-refractivity contribution in [1.29, 1.82) is 0 Å². The Morgan fingerprint density at radius 1 is 0.939 bits per heavy atom. The first-order valence-electron chi connectivity index (χ1n) is 9.25. The van der Waals surface area contributed by atoms with E-state index in [-0.39, 0.29) is 10.9 Å². The first-order valence-corrected chi connectivity index (χ1v) is 11.9. The minimum Gasteiger partial charge on any atom is -0.741 e. The van der Waals surface area contributed by atoms with Gasteiger partial charge in [-0.25, -0.2) is 13.2 Å². The summed E-state index contributed by atoms with van der Waals surface area (Å²) in [6.07, 6.45) is 1.18. The molecule has 0 heterocycles. The number of carbonyl (C=O) groups excluding carboxylic acids is 1. The van der Waals surface area contributed by atoms with Gasteiger partial charge in [0.2, 0.25) is 4.90 Å². The Morgan fingerprint density at radius 2 is 1.42 bits per heavy atom. The maximum Gasteiger partial charge on any atom is 0.485 e. The molecule has 0 fully saturated rings. The molecule has 33 heavy (non-hydrogen) atoms. The topological polar surface area (TPSA) is 83.5 Å². The number of aryl methyl sites for hydroxylation is 1. The smallest absolute Gasteiger partial charge is 0.485 e. The quantitative estimate of drug-likeness (QED) is 0.121. The molecular weight excluding hydrogens is 477 g/mol. The van der Waals surface area contributed by atoms with Gasteiger partial charge in [0.15, 0.2) is 25.7 Å². The Hall–Kier alpha value is -3.08. The van der Waals surface area contributed by atoms with Crippen LogP contribution in [0, 0.1) is 6.92 Å². The molecule has 0 spiro atoms. The largest absolute Gasteiger partial charge is 0.741 e. The number of halogens is 3. The number of benzene rings is 3. The van der Waals surface area contributed by atoms with E-state index in [1.165, 1.54) is 21.4 Å². The summed E-state index contributed by atoms with van der Waals surface area (Å²) in [5, 5.41) is 0. The highest BCUT2D eigenvalue weighted by molar-refractivity contribution is 7.97. The average molecular weight is 497 g/mol. The Balaban J connectivity index is 0.000000414. The van der Waals surface area contributed by atoms with E-state index < -0.39 is 21.6 Å². The highest BCUT2D eigenvalue weighted by Crippen LogP contribution is 2.36. The lowest BCUT2D eigenvalue weighted by Gasteiger charge is -2.11. The van der Waals surface area contributed by atoms with Gasteiger partial charge < -0.3 is 9.29 Å². The summed E-state index contributed by atoms with van der Waals surface area (Å²) < 4.78 is 64.4. The van der Waals surface area contributed by atoms with Gasteiger partial charge in [-0.1, -0.05) is 54.6 Å². The number of esters is 1. The van der Waals surface area contributed by atoms with Crippen LogP contribution in [0.3, 0.4) is 0 Å². The number of alkyl halides is 3. The Morgan fingerprint density at radius 3 is 1.94 bits per heavy atom. The van der Waals surface area contributed by atoms with Gasteiger partial charge in [-0.3, -0.25) is 0 Å². The van der Waals surface area contributed by atoms with Crippen molar-refractivity contribution in [3.05, 3.63) is 97.1 Å². The van der Waals surface area contributed by atoms with Crippen molar-refractivity contribution in [1.82, 2.24) is 0 Å². The van der Waals surface area contributed by atoms with Crippen LogP contribution in [-0.4, -0.2) is 24.4 Å². The second-order valence-electron chi connectivity index (χ2n) is 6.40. The van der Waals surface area contributed by atoms with E-state index in [2.05, 4.69) is 49.9 Å². The molecule has 0 N–H and O–H groups in total. The van der Waals surface area contributed by atoms with E-state index in [9.17, 15) is 18.0 Å². The number of carbonyl (C=O) groups is 1. The maximum atomic E-state index is 11.7. The van der Waals surface area contributed by atoms with Gasteiger partial charge in [-0.15, -0.1) is 0 Å². The normalized spacial score (nSPS) is 12.2. The molecule has 174 valence electrons. The predicted molar refractivity (Wildman–Crippen MR) is 118 cm³/mol. The molecule has 3 rings (SSSR count). The van der Waals surface area contributed by atoms with Crippen LogP contribution in [0.25, 0.3) is 0 Å². The first-order chi connectivity index (χ1) is 15.4. The van der Waals surface area contributed by atoms with E-state index in [0.29, 0.717) is 5.75 Å². The van der Waals surface area contributed by atoms with Crippen LogP contribution in [0.15, 0.2) is 106 Å². The van der Waals surface area contributed by atoms with Crippen LogP contribution in [0.4, 0.5) is 13.2 Å². The summed E-state index contributed by atoms with van der Waals surface area (Å²) in [7, 11) is -6.45. The van der Waals surface area contributed by atoms with Crippen LogP contribution in [0.1, 0.15) is 5.56 Å². The third-order valence-electron chi connectivity index (χ3n) is 3.97. The summed E-state index contributed by atoms with van der Waals surface area (Å²) in [5.74, 6) is 0.119. The zero-order valence-electron chi connectivity index (χ0n) is 17.3. The van der Waals surface area contributed by atoms with Crippen LogP contribution in [-0.2, 0) is 25.8 Å². The second-order valence-corrected chi connectivity index (χ2v) is 9.77. The molecule has 1 unspecified atom stereocenters. The molecule has 10 heteroatoms. The van der Waals surface area contributed by atoms with Gasteiger partial charge in [-0.05, 0) is 43.3 Å². The minimum absolute atomic E-state index is 0.364. The molecule has 0 amide bonds. The Labute approximate surface area is 192 Å². The number of ether oxygens (including phenoxy) is 1. The van der Waals surface area contributed by atoms with Crippen molar-refractivity contribution in [3.8, 4) is 5.75 Å². The summed E-state index contributed by atoms with van der Waals surface area (Å²) in [4.78, 5) is 15.1. The predicted octanol–water partition coefficient (Wildman–Crippen LogP) is 5.23. The molecule has 0 saturated carbocycles. The summed E-state index contributed by atoms with van der Waals surface area (Å²) in [6, 6.07) is 26.4. The molecule has 3 aromatic rings. The van der Waals surface area contributed by atoms with Crippen molar-refractivity contribution >= 4 is 27.0 Å². The summed E-state index contributed by atoms with van der Waals surface area (Å²) in [5.41, 5.74) is -4.43. The monoisotopic (exact) mass is 496 g/mol. The molecule has 0 aliphatic heterocycles. The van der Waals surface area contributed by atoms with Crippen LogP contribution < -0.4 is 4.74 Å². The molecule has 0 saturated heterocycles. The molecule has 0 aliphatic rings. The molecule has 3 aromatic carbocycles. The first kappa shape index (κ1) is 26.2. The zero-order valence-corrected chi connectivity index (χ0v) is 18.9. The highest BCUT2D eigenvalue weighted by atomic mass is 32.2. The van der Waals surface area contributed by atoms with E-state index in [0.717, 1.165) is 4.90 Å². The fraction of sp³-hybridized carbons (Fsp3) is 0.0870. The maximum absolute atomic E-state index is 11.7. The van der Waals surface area contributed by atoms with Crippen LogP contribution >= 0.6 is 0 Å². The lowest BCUT2D eigenvalue weighted by Crippen LogP contribution is -2.21. The summed E-state index contributed by atoms with van der Waals surface area (Å²) in [6.45, 7) is 5.56. The zero-order chi connectivity index (χ0) is 24.6. The van der Waals surface area contributed by atoms with Crippen LogP contribution in [0.5, 0.6) is 5.75 Å². The number of hydrogen-bond donors (Lipinski definition) is 0. The second kappa shape index (κ2) is 11.2. The lowest BCUT2D eigenvalue weighted by molar-refractivity contribution is -0.129. The molecular formula is C23H19F3O5S2. The average Bonchev–Trinajstić information content (AvgIpc) is 2.76. The molecule has 0 radical (unpaired) electrons. The molecule has 0 bridgehead atoms. The summed E-state index contributed by atoms with van der Waals surface area (Å²) >= 11 is 0. The van der Waals surface area contributed by atoms with Gasteiger partial charge in [0.25, 0.3) is 0 Å². The number of rotatable bonds is 5. The van der Waals surface area contributed by atoms with E-state index in [1.807, 2.05) is 42.5 Å². The van der Waals surface area contributed by atoms with Crippen molar-refractivity contribution in [3.63, 3.8) is 0 Å². The molecule has 1 atom stereocenters.